The number of carbonyl (C=O) groups excluding carboxylic acids is 1. The summed E-state index contributed by atoms with van der Waals surface area (Å²) in [6.07, 6.45) is -7.60. The van der Waals surface area contributed by atoms with Gasteiger partial charge in [-0.1, -0.05) is 6.85 Å². The van der Waals surface area contributed by atoms with Gasteiger partial charge in [0, 0.05) is 35.8 Å². The molecule has 1 aliphatic rings. The van der Waals surface area contributed by atoms with Crippen LogP contribution in [-0.2, 0) is 23.0 Å². The van der Waals surface area contributed by atoms with Crippen LogP contribution in [0.1, 0.15) is 35.4 Å². The standard InChI is InChI=1S/C11H16N2O2/c1-3-10-8(6-15-11(10)14)4-9-5-12-7-13(9)2/h5,7-8,10H,3-4,6H2,1-2H3/t8-,10-/m0/s1/i1D3,3D,4D2,5D,6D2,7D,8D,10D/t3?,8-,10-. The topological polar surface area (TPSA) is 44.1 Å². The minimum atomic E-state index is -3.61. The highest BCUT2D eigenvalue weighted by Crippen LogP contribution is 2.27. The number of ether oxygens (including phenoxy) is 1. The lowest BCUT2D eigenvalue weighted by Crippen LogP contribution is -2.18. The van der Waals surface area contributed by atoms with E-state index in [2.05, 4.69) is 9.72 Å². The fourth-order valence-corrected chi connectivity index (χ4v) is 1.04. The van der Waals surface area contributed by atoms with E-state index in [-0.39, 0.29) is 0 Å². The molecule has 0 spiro atoms. The first-order valence-corrected chi connectivity index (χ1v) is 4.03. The third kappa shape index (κ3) is 1.89. The molecular weight excluding hydrogens is 192 g/mol. The molecule has 1 unspecified atom stereocenters. The highest BCUT2D eigenvalue weighted by Gasteiger charge is 2.35. The van der Waals surface area contributed by atoms with E-state index in [1.165, 1.54) is 0 Å². The molecule has 4 nitrogen and oxygen atoms in total. The monoisotopic (exact) mass is 220 g/mol. The highest BCUT2D eigenvalue weighted by atomic mass is 16.5. The second-order valence-electron chi connectivity index (χ2n) is 2.78. The molecule has 0 radical (unpaired) electrons. The highest BCUT2D eigenvalue weighted by molar-refractivity contribution is 5.74. The second kappa shape index (κ2) is 4.04. The summed E-state index contributed by atoms with van der Waals surface area (Å²) in [5.41, 5.74) is -0.820. The number of rotatable bonds is 3. The van der Waals surface area contributed by atoms with E-state index in [0.717, 1.165) is 7.05 Å². The van der Waals surface area contributed by atoms with Crippen molar-refractivity contribution in [3.05, 3.63) is 18.2 Å². The number of aromatic nitrogens is 2. The van der Waals surface area contributed by atoms with E-state index in [4.69, 9.17) is 16.4 Å². The largest absolute Gasteiger partial charge is 0.465 e. The third-order valence-electron chi connectivity index (χ3n) is 1.82. The number of cyclic esters (lactones) is 1. The van der Waals surface area contributed by atoms with Crippen LogP contribution in [0.15, 0.2) is 12.5 Å². The van der Waals surface area contributed by atoms with Gasteiger partial charge in [0.1, 0.15) is 1.37 Å². The van der Waals surface area contributed by atoms with Crippen LogP contribution >= 0.6 is 0 Å². The van der Waals surface area contributed by atoms with Crippen LogP contribution in [0.3, 0.4) is 0 Å². The molecule has 2 heterocycles. The summed E-state index contributed by atoms with van der Waals surface area (Å²) in [5.74, 6) is -8.99. The fraction of sp³-hybridized carbons (Fsp3) is 0.636. The summed E-state index contributed by atoms with van der Waals surface area (Å²) in [4.78, 5) is 15.6. The van der Waals surface area contributed by atoms with Crippen molar-refractivity contribution in [2.24, 2.45) is 18.8 Å². The molecule has 1 saturated heterocycles. The van der Waals surface area contributed by atoms with Crippen LogP contribution in [0.25, 0.3) is 0 Å². The van der Waals surface area contributed by atoms with Gasteiger partial charge in [-0.15, -0.1) is 0 Å². The van der Waals surface area contributed by atoms with Crippen LogP contribution in [0.4, 0.5) is 0 Å². The Morgan fingerprint density at radius 3 is 3.60 bits per heavy atom. The summed E-state index contributed by atoms with van der Waals surface area (Å²) in [5, 5.41) is 0. The number of hydrogen-bond donors (Lipinski definition) is 0. The van der Waals surface area contributed by atoms with Gasteiger partial charge in [-0.3, -0.25) is 4.79 Å². The number of nitrogens with zero attached hydrogens (tertiary/aromatic N) is 2. The van der Waals surface area contributed by atoms with Gasteiger partial charge < -0.3 is 9.30 Å². The van der Waals surface area contributed by atoms with Gasteiger partial charge in [-0.2, -0.15) is 0 Å². The summed E-state index contributed by atoms with van der Waals surface area (Å²) in [6, 6.07) is 0. The third-order valence-corrected chi connectivity index (χ3v) is 1.82. The van der Waals surface area contributed by atoms with E-state index in [1.807, 2.05) is 0 Å². The molecule has 82 valence electrons. The Labute approximate surface area is 106 Å². The molecule has 0 saturated carbocycles. The maximum absolute atomic E-state index is 12.3. The van der Waals surface area contributed by atoms with Crippen LogP contribution < -0.4 is 0 Å². The second-order valence-corrected chi connectivity index (χ2v) is 2.78. The van der Waals surface area contributed by atoms with E-state index < -0.39 is 62.1 Å². The van der Waals surface area contributed by atoms with Gasteiger partial charge in [0.05, 0.1) is 22.9 Å². The minimum absolute atomic E-state index is 0.609. The average Bonchev–Trinajstić information content (AvgIpc) is 2.82. The van der Waals surface area contributed by atoms with E-state index in [0.29, 0.717) is 4.57 Å². The SMILES string of the molecule is [2H]c1nc([2H])n(C)c1C([2H])([2H])[C@@]1([2H])C([2H])([2H])OC(=O)[C@@]1([2H])C([2H])C([2H])([2H])[2H]. The van der Waals surface area contributed by atoms with E-state index in [9.17, 15) is 4.79 Å². The van der Waals surface area contributed by atoms with Crippen LogP contribution in [-0.4, -0.2) is 22.1 Å². The molecular formula is C11H16N2O2. The van der Waals surface area contributed by atoms with Crippen molar-refractivity contribution in [1.82, 2.24) is 9.55 Å². The molecule has 0 bridgehead atoms. The van der Waals surface area contributed by atoms with Crippen LogP contribution in [0, 0.1) is 11.8 Å². The Balaban J connectivity index is 2.88. The molecule has 1 fully saturated rings. The van der Waals surface area contributed by atoms with Crippen molar-refractivity contribution in [2.75, 3.05) is 6.56 Å². The summed E-state index contributed by atoms with van der Waals surface area (Å²) >= 11 is 0. The van der Waals surface area contributed by atoms with Gasteiger partial charge >= 0.3 is 5.97 Å². The zero-order chi connectivity index (χ0) is 21.4. The number of esters is 1. The molecule has 1 aliphatic heterocycles. The lowest BCUT2D eigenvalue weighted by Gasteiger charge is -2.12. The predicted molar refractivity (Wildman–Crippen MR) is 55.1 cm³/mol. The Hall–Kier alpha value is -1.32. The van der Waals surface area contributed by atoms with Crippen molar-refractivity contribution in [1.29, 1.82) is 0 Å². The van der Waals surface area contributed by atoms with Gasteiger partial charge in [-0.25, -0.2) is 4.98 Å². The van der Waals surface area contributed by atoms with Gasteiger partial charge in [0.25, 0.3) is 0 Å². The van der Waals surface area contributed by atoms with Crippen molar-refractivity contribution >= 4 is 5.97 Å². The number of hydrogen-bond acceptors (Lipinski definition) is 3. The fourth-order valence-electron chi connectivity index (χ4n) is 1.04. The molecule has 0 aliphatic carbocycles. The average molecular weight is 220 g/mol. The minimum Gasteiger partial charge on any atom is -0.465 e. The summed E-state index contributed by atoms with van der Waals surface area (Å²) in [7, 11) is 1.10. The molecule has 4 heteroatoms. The predicted octanol–water partition coefficient (Wildman–Crippen LogP) is 1.16. The van der Waals surface area contributed by atoms with Crippen molar-refractivity contribution in [3.8, 4) is 0 Å². The molecule has 2 rings (SSSR count). The normalized spacial score (nSPS) is 54.3. The van der Waals surface area contributed by atoms with Gasteiger partial charge in [0.2, 0.25) is 0 Å². The van der Waals surface area contributed by atoms with E-state index in [1.54, 1.807) is 0 Å². The number of carbonyl (C=O) groups is 1. The van der Waals surface area contributed by atoms with E-state index >= 15 is 0 Å². The Bertz CT molecular complexity index is 789. The quantitative estimate of drug-likeness (QED) is 0.718. The summed E-state index contributed by atoms with van der Waals surface area (Å²) in [6.45, 7) is -6.85. The van der Waals surface area contributed by atoms with Crippen LogP contribution in [0.5, 0.6) is 0 Å². The summed E-state index contributed by atoms with van der Waals surface area (Å²) < 4.78 is 99.3. The molecule has 3 atom stereocenters. The van der Waals surface area contributed by atoms with Crippen LogP contribution in [0.2, 0.25) is 0 Å². The first kappa shape index (κ1) is 3.09. The first-order valence-electron chi connectivity index (χ1n) is 10.1. The first-order chi connectivity index (χ1) is 11.9. The Morgan fingerprint density at radius 1 is 2.07 bits per heavy atom. The van der Waals surface area contributed by atoms with Gasteiger partial charge in [-0.05, 0) is 12.8 Å². The Morgan fingerprint density at radius 2 is 2.93 bits per heavy atom. The molecule has 1 aromatic rings. The maximum Gasteiger partial charge on any atom is 0.309 e. The maximum atomic E-state index is 12.3. The smallest absolute Gasteiger partial charge is 0.309 e. The van der Waals surface area contributed by atoms with Crippen molar-refractivity contribution < 1.29 is 26.0 Å². The van der Waals surface area contributed by atoms with Crippen molar-refractivity contribution in [2.45, 2.75) is 19.6 Å². The molecule has 0 N–H and O–H groups in total. The van der Waals surface area contributed by atoms with Crippen molar-refractivity contribution in [3.63, 3.8) is 0 Å². The lowest BCUT2D eigenvalue weighted by atomic mass is 9.89. The zero-order valence-corrected chi connectivity index (χ0v) is 7.79. The van der Waals surface area contributed by atoms with Gasteiger partial charge in [0.15, 0.2) is 0 Å². The lowest BCUT2D eigenvalue weighted by molar-refractivity contribution is -0.141. The zero-order valence-electron chi connectivity index (χ0n) is 19.8. The molecule has 1 aromatic heterocycles. The molecule has 0 amide bonds. The molecule has 15 heavy (non-hydrogen) atoms. The molecule has 0 aromatic carbocycles. The Kier molecular flexibility index (Phi) is 0.833. The number of imidazole rings is 1.